The molecule has 0 aliphatic rings. The molecule has 0 unspecified atom stereocenters. The van der Waals surface area contributed by atoms with Crippen LogP contribution in [-0.4, -0.2) is 50.4 Å². The van der Waals surface area contributed by atoms with Crippen LogP contribution in [0.5, 0.6) is 0 Å². The van der Waals surface area contributed by atoms with Gasteiger partial charge in [0, 0.05) is 12.2 Å². The Balaban J connectivity index is 0.000000522. The van der Waals surface area contributed by atoms with E-state index in [1.54, 1.807) is 44.2 Å². The van der Waals surface area contributed by atoms with Crippen LogP contribution in [0.25, 0.3) is 0 Å². The first-order chi connectivity index (χ1) is 16.6. The monoisotopic (exact) mass is 502 g/mol. The number of carbonyl (C=O) groups excluding carboxylic acids is 1. The summed E-state index contributed by atoms with van der Waals surface area (Å²) in [5, 5.41) is 36.0. The summed E-state index contributed by atoms with van der Waals surface area (Å²) in [5.41, 5.74) is 2.45. The third-order valence-electron chi connectivity index (χ3n) is 5.27. The summed E-state index contributed by atoms with van der Waals surface area (Å²) in [6.45, 7) is 13.9. The van der Waals surface area contributed by atoms with Crippen LogP contribution in [0.2, 0.25) is 0 Å². The Kier molecular flexibility index (Phi) is 14.5. The second-order valence-corrected chi connectivity index (χ2v) is 9.97. The highest BCUT2D eigenvalue weighted by Gasteiger charge is 2.28. The van der Waals surface area contributed by atoms with Crippen molar-refractivity contribution in [3.8, 4) is 0 Å². The fourth-order valence-electron chi connectivity index (χ4n) is 4.24. The van der Waals surface area contributed by atoms with Crippen molar-refractivity contribution in [1.82, 2.24) is 0 Å². The van der Waals surface area contributed by atoms with Crippen LogP contribution in [0.4, 0.5) is 0 Å². The van der Waals surface area contributed by atoms with Gasteiger partial charge in [-0.25, -0.2) is 9.59 Å². The van der Waals surface area contributed by atoms with Gasteiger partial charge in [0.25, 0.3) is 5.78 Å². The highest BCUT2D eigenvalue weighted by atomic mass is 16.4. The number of rotatable bonds is 9. The third-order valence-corrected chi connectivity index (χ3v) is 5.27. The molecule has 0 atom stereocenters. The summed E-state index contributed by atoms with van der Waals surface area (Å²) in [6, 6.07) is 11.9. The van der Waals surface area contributed by atoms with Gasteiger partial charge in [0.05, 0.1) is 11.2 Å². The van der Waals surface area contributed by atoms with Gasteiger partial charge in [0.2, 0.25) is 0 Å². The molecule has 0 aromatic heterocycles. The molecule has 0 spiro atoms. The Labute approximate surface area is 214 Å². The second kappa shape index (κ2) is 15.9. The number of aliphatic hydroxyl groups excluding tert-OH is 1. The SMILES string of the molecule is CC(C)CC(O)(CCO)CC(C)C.Cc1cc(C)c(C(=O)C(=O)O)c(C)c1.O=C(O)c1ccccc1. The van der Waals surface area contributed by atoms with Crippen LogP contribution in [0.15, 0.2) is 42.5 Å². The number of aliphatic carboxylic acids is 1. The molecule has 0 saturated heterocycles. The molecular formula is C29H42O7. The number of carboxylic acid groups (broad SMARTS) is 2. The highest BCUT2D eigenvalue weighted by molar-refractivity contribution is 6.40. The molecule has 2 rings (SSSR count). The van der Waals surface area contributed by atoms with Gasteiger partial charge in [0.1, 0.15) is 0 Å². The first-order valence-electron chi connectivity index (χ1n) is 12.1. The van der Waals surface area contributed by atoms with Crippen molar-refractivity contribution in [2.75, 3.05) is 6.61 Å². The van der Waals surface area contributed by atoms with Crippen molar-refractivity contribution in [3.05, 3.63) is 70.3 Å². The summed E-state index contributed by atoms with van der Waals surface area (Å²) in [7, 11) is 0. The Morgan fingerprint density at radius 3 is 1.58 bits per heavy atom. The maximum atomic E-state index is 11.3. The lowest BCUT2D eigenvalue weighted by Crippen LogP contribution is -2.33. The van der Waals surface area contributed by atoms with E-state index in [0.29, 0.717) is 29.4 Å². The van der Waals surface area contributed by atoms with Gasteiger partial charge in [-0.3, -0.25) is 4.79 Å². The lowest BCUT2D eigenvalue weighted by atomic mass is 9.83. The zero-order chi connectivity index (χ0) is 28.1. The maximum absolute atomic E-state index is 11.3. The quantitative estimate of drug-likeness (QED) is 0.264. The summed E-state index contributed by atoms with van der Waals surface area (Å²) in [6.07, 6.45) is 2.07. The van der Waals surface area contributed by atoms with E-state index in [1.807, 2.05) is 19.1 Å². The van der Waals surface area contributed by atoms with Crippen LogP contribution in [0.3, 0.4) is 0 Å². The van der Waals surface area contributed by atoms with Gasteiger partial charge >= 0.3 is 11.9 Å². The van der Waals surface area contributed by atoms with E-state index in [-0.39, 0.29) is 6.61 Å². The third kappa shape index (κ3) is 12.6. The molecule has 0 aliphatic carbocycles. The van der Waals surface area contributed by atoms with Crippen molar-refractivity contribution in [2.45, 2.75) is 73.3 Å². The number of hydrogen-bond donors (Lipinski definition) is 4. The van der Waals surface area contributed by atoms with Gasteiger partial charge in [0.15, 0.2) is 0 Å². The number of aliphatic hydroxyl groups is 2. The molecule has 200 valence electrons. The zero-order valence-corrected chi connectivity index (χ0v) is 22.5. The van der Waals surface area contributed by atoms with Crippen molar-refractivity contribution in [2.24, 2.45) is 11.8 Å². The van der Waals surface area contributed by atoms with Crippen LogP contribution in [0, 0.1) is 32.6 Å². The maximum Gasteiger partial charge on any atom is 0.377 e. The Hall–Kier alpha value is -3.03. The van der Waals surface area contributed by atoms with Gasteiger partial charge < -0.3 is 20.4 Å². The molecule has 0 radical (unpaired) electrons. The van der Waals surface area contributed by atoms with Crippen LogP contribution >= 0.6 is 0 Å². The number of ketones is 1. The normalized spacial score (nSPS) is 10.8. The predicted octanol–water partition coefficient (Wildman–Crippen LogP) is 5.46. The Morgan fingerprint density at radius 2 is 1.28 bits per heavy atom. The molecule has 2 aromatic rings. The summed E-state index contributed by atoms with van der Waals surface area (Å²) in [5.74, 6) is -2.15. The number of aromatic carboxylic acids is 1. The number of aryl methyl sites for hydroxylation is 3. The standard InChI is InChI=1S/C11H12O3.C11H24O2.C7H6O2/c1-6-4-7(2)9(8(3)5-6)10(12)11(13)14;1-9(2)7-11(13,5-6-12)8-10(3)4;8-7(9)6-4-2-1-3-5-6/h4-5H,1-3H3,(H,13,14);9-10,12-13H,5-8H2,1-4H3;1-5H,(H,8,9). The molecule has 2 aromatic carbocycles. The van der Waals surface area contributed by atoms with E-state index in [9.17, 15) is 19.5 Å². The lowest BCUT2D eigenvalue weighted by molar-refractivity contribution is -0.131. The van der Waals surface area contributed by atoms with Gasteiger partial charge in [-0.2, -0.15) is 0 Å². The predicted molar refractivity (Wildman–Crippen MR) is 142 cm³/mol. The molecule has 0 heterocycles. The fraction of sp³-hybridized carbons (Fsp3) is 0.483. The number of carbonyl (C=O) groups is 3. The summed E-state index contributed by atoms with van der Waals surface area (Å²) >= 11 is 0. The van der Waals surface area contributed by atoms with Crippen molar-refractivity contribution in [1.29, 1.82) is 0 Å². The topological polar surface area (TPSA) is 132 Å². The first kappa shape index (κ1) is 33.0. The molecule has 0 amide bonds. The number of hydrogen-bond acceptors (Lipinski definition) is 5. The minimum atomic E-state index is -1.40. The average Bonchev–Trinajstić information content (AvgIpc) is 2.73. The Morgan fingerprint density at radius 1 is 0.833 bits per heavy atom. The largest absolute Gasteiger partial charge is 0.478 e. The zero-order valence-electron chi connectivity index (χ0n) is 22.5. The summed E-state index contributed by atoms with van der Waals surface area (Å²) in [4.78, 5) is 32.0. The lowest BCUT2D eigenvalue weighted by Gasteiger charge is -2.31. The smallest absolute Gasteiger partial charge is 0.377 e. The van der Waals surface area contributed by atoms with Crippen molar-refractivity contribution < 1.29 is 34.8 Å². The molecule has 4 N–H and O–H groups in total. The first-order valence-corrected chi connectivity index (χ1v) is 12.1. The number of carboxylic acids is 2. The minimum absolute atomic E-state index is 0.0793. The molecule has 36 heavy (non-hydrogen) atoms. The summed E-state index contributed by atoms with van der Waals surface area (Å²) < 4.78 is 0. The van der Waals surface area contributed by atoms with E-state index in [2.05, 4.69) is 27.7 Å². The van der Waals surface area contributed by atoms with Gasteiger partial charge in [-0.15, -0.1) is 0 Å². The highest BCUT2D eigenvalue weighted by Crippen LogP contribution is 2.27. The van der Waals surface area contributed by atoms with Crippen LogP contribution in [-0.2, 0) is 4.79 Å². The molecule has 0 aliphatic heterocycles. The number of Topliss-reactive ketones (excluding diaryl/α,β-unsaturated/α-hetero) is 1. The molecule has 0 fully saturated rings. The minimum Gasteiger partial charge on any atom is -0.478 e. The Bertz CT molecular complexity index is 945. The molecule has 7 nitrogen and oxygen atoms in total. The molecular weight excluding hydrogens is 460 g/mol. The molecule has 0 saturated carbocycles. The average molecular weight is 503 g/mol. The number of benzene rings is 2. The van der Waals surface area contributed by atoms with Crippen LogP contribution < -0.4 is 0 Å². The fourth-order valence-corrected chi connectivity index (χ4v) is 4.24. The second-order valence-electron chi connectivity index (χ2n) is 9.97. The molecule has 7 heteroatoms. The van der Waals surface area contributed by atoms with Crippen molar-refractivity contribution in [3.63, 3.8) is 0 Å². The van der Waals surface area contributed by atoms with Crippen LogP contribution in [0.1, 0.15) is 84.4 Å². The van der Waals surface area contributed by atoms with Gasteiger partial charge in [-0.05, 0) is 75.1 Å². The van der Waals surface area contributed by atoms with E-state index >= 15 is 0 Å². The molecule has 0 bridgehead atoms. The van der Waals surface area contributed by atoms with E-state index in [1.165, 1.54) is 0 Å². The van der Waals surface area contributed by atoms with E-state index in [0.717, 1.165) is 29.5 Å². The van der Waals surface area contributed by atoms with Crippen molar-refractivity contribution >= 4 is 17.7 Å². The van der Waals surface area contributed by atoms with E-state index < -0.39 is 23.3 Å². The van der Waals surface area contributed by atoms with E-state index in [4.69, 9.17) is 15.3 Å². The van der Waals surface area contributed by atoms with Gasteiger partial charge in [-0.1, -0.05) is 63.6 Å².